The largest absolute Gasteiger partial charge is 0.497 e. The zero-order valence-electron chi connectivity index (χ0n) is 9.63. The standard InChI is InChI=1S/C11H12BrClN2O3/c1-18-7-2-3-8(12)9(6-7)14-11(17)15-10(16)4-5-13/h2-3,6H,4-5H2,1H3,(H2,14,15,16,17). The van der Waals surface area contributed by atoms with E-state index >= 15 is 0 Å². The van der Waals surface area contributed by atoms with Gasteiger partial charge in [0.05, 0.1) is 12.8 Å². The lowest BCUT2D eigenvalue weighted by molar-refractivity contribution is -0.119. The van der Waals surface area contributed by atoms with Crippen LogP contribution in [0.1, 0.15) is 6.42 Å². The lowest BCUT2D eigenvalue weighted by Crippen LogP contribution is -2.34. The molecular formula is C11H12BrClN2O3. The number of amides is 3. The first-order chi connectivity index (χ1) is 8.56. The number of carbonyl (C=O) groups excluding carboxylic acids is 2. The molecule has 0 heterocycles. The lowest BCUT2D eigenvalue weighted by Gasteiger charge is -2.09. The number of carbonyl (C=O) groups is 2. The molecular weight excluding hydrogens is 323 g/mol. The Balaban J connectivity index is 2.66. The maximum absolute atomic E-state index is 11.5. The van der Waals surface area contributed by atoms with Crippen molar-refractivity contribution in [2.45, 2.75) is 6.42 Å². The summed E-state index contributed by atoms with van der Waals surface area (Å²) < 4.78 is 5.72. The number of methoxy groups -OCH3 is 1. The number of alkyl halides is 1. The molecule has 5 nitrogen and oxygen atoms in total. The second-order valence-electron chi connectivity index (χ2n) is 3.29. The van der Waals surface area contributed by atoms with E-state index in [1.165, 1.54) is 7.11 Å². The monoisotopic (exact) mass is 334 g/mol. The van der Waals surface area contributed by atoms with Crippen LogP contribution in [0.4, 0.5) is 10.5 Å². The van der Waals surface area contributed by atoms with Crippen molar-refractivity contribution >= 4 is 45.2 Å². The minimum absolute atomic E-state index is 0.0915. The molecule has 0 aliphatic heterocycles. The highest BCUT2D eigenvalue weighted by Gasteiger charge is 2.09. The topological polar surface area (TPSA) is 67.4 Å². The van der Waals surface area contributed by atoms with Crippen LogP contribution in [0.2, 0.25) is 0 Å². The van der Waals surface area contributed by atoms with E-state index in [-0.39, 0.29) is 12.3 Å². The zero-order valence-corrected chi connectivity index (χ0v) is 12.0. The molecule has 0 spiro atoms. The van der Waals surface area contributed by atoms with E-state index in [9.17, 15) is 9.59 Å². The number of hydrogen-bond acceptors (Lipinski definition) is 3. The van der Waals surface area contributed by atoms with Gasteiger partial charge in [-0.3, -0.25) is 10.1 Å². The van der Waals surface area contributed by atoms with Gasteiger partial charge in [0.25, 0.3) is 0 Å². The summed E-state index contributed by atoms with van der Waals surface area (Å²) in [5.74, 6) is 0.337. The minimum atomic E-state index is -0.612. The van der Waals surface area contributed by atoms with Crippen LogP contribution >= 0.6 is 27.5 Å². The maximum atomic E-state index is 11.5. The number of ether oxygens (including phenoxy) is 1. The highest BCUT2D eigenvalue weighted by molar-refractivity contribution is 9.10. The Labute approximate surface area is 118 Å². The molecule has 2 N–H and O–H groups in total. The zero-order chi connectivity index (χ0) is 13.5. The predicted octanol–water partition coefficient (Wildman–Crippen LogP) is 2.73. The van der Waals surface area contributed by atoms with Gasteiger partial charge in [-0.2, -0.15) is 0 Å². The SMILES string of the molecule is COc1ccc(Br)c(NC(=O)NC(=O)CCCl)c1. The Morgan fingerprint density at radius 2 is 2.17 bits per heavy atom. The number of benzene rings is 1. The summed E-state index contributed by atoms with van der Waals surface area (Å²) in [6.07, 6.45) is 0.0915. The average Bonchev–Trinajstić information content (AvgIpc) is 2.32. The molecule has 0 aliphatic rings. The van der Waals surface area contributed by atoms with Crippen molar-refractivity contribution in [3.8, 4) is 5.75 Å². The smallest absolute Gasteiger partial charge is 0.325 e. The first kappa shape index (κ1) is 14.8. The Morgan fingerprint density at radius 3 is 2.78 bits per heavy atom. The molecule has 0 radical (unpaired) electrons. The van der Waals surface area contributed by atoms with Crippen molar-refractivity contribution in [1.82, 2.24) is 5.32 Å². The third kappa shape index (κ3) is 4.54. The fraction of sp³-hybridized carbons (Fsp3) is 0.273. The molecule has 0 unspecified atom stereocenters. The molecule has 0 saturated carbocycles. The lowest BCUT2D eigenvalue weighted by atomic mass is 10.3. The molecule has 1 rings (SSSR count). The van der Waals surface area contributed by atoms with E-state index < -0.39 is 11.9 Å². The molecule has 1 aromatic carbocycles. The number of anilines is 1. The first-order valence-corrected chi connectivity index (χ1v) is 6.40. The molecule has 0 atom stereocenters. The molecule has 0 saturated heterocycles. The molecule has 18 heavy (non-hydrogen) atoms. The van der Waals surface area contributed by atoms with E-state index in [1.807, 2.05) is 0 Å². The summed E-state index contributed by atoms with van der Waals surface area (Å²) in [7, 11) is 1.52. The Bertz CT molecular complexity index is 454. The normalized spacial score (nSPS) is 9.72. The van der Waals surface area contributed by atoms with E-state index in [2.05, 4.69) is 26.6 Å². The number of hydrogen-bond donors (Lipinski definition) is 2. The van der Waals surface area contributed by atoms with Gasteiger partial charge in [-0.05, 0) is 28.1 Å². The average molecular weight is 336 g/mol. The van der Waals surface area contributed by atoms with Crippen molar-refractivity contribution in [2.24, 2.45) is 0 Å². The van der Waals surface area contributed by atoms with Crippen LogP contribution in [0.15, 0.2) is 22.7 Å². The Morgan fingerprint density at radius 1 is 1.44 bits per heavy atom. The van der Waals surface area contributed by atoms with Gasteiger partial charge in [0.15, 0.2) is 0 Å². The van der Waals surface area contributed by atoms with E-state index in [0.29, 0.717) is 15.9 Å². The second-order valence-corrected chi connectivity index (χ2v) is 4.52. The molecule has 1 aromatic rings. The van der Waals surface area contributed by atoms with Crippen LogP contribution in [-0.2, 0) is 4.79 Å². The Hall–Kier alpha value is -1.27. The van der Waals surface area contributed by atoms with Crippen molar-refractivity contribution < 1.29 is 14.3 Å². The van der Waals surface area contributed by atoms with Gasteiger partial charge in [0.2, 0.25) is 5.91 Å². The van der Waals surface area contributed by atoms with Gasteiger partial charge in [-0.25, -0.2) is 4.79 Å². The fourth-order valence-electron chi connectivity index (χ4n) is 1.16. The summed E-state index contributed by atoms with van der Waals surface area (Å²) in [4.78, 5) is 22.7. The van der Waals surface area contributed by atoms with Crippen LogP contribution in [-0.4, -0.2) is 24.9 Å². The molecule has 3 amide bonds. The van der Waals surface area contributed by atoms with E-state index in [0.717, 1.165) is 0 Å². The van der Waals surface area contributed by atoms with E-state index in [1.54, 1.807) is 18.2 Å². The van der Waals surface area contributed by atoms with Crippen LogP contribution in [0.5, 0.6) is 5.75 Å². The van der Waals surface area contributed by atoms with Gasteiger partial charge in [-0.1, -0.05) is 0 Å². The number of halogens is 2. The summed E-state index contributed by atoms with van der Waals surface area (Å²) in [5, 5.41) is 4.69. The molecule has 7 heteroatoms. The van der Waals surface area contributed by atoms with Gasteiger partial charge < -0.3 is 10.1 Å². The predicted molar refractivity (Wildman–Crippen MR) is 73.2 cm³/mol. The van der Waals surface area contributed by atoms with Crippen molar-refractivity contribution in [3.63, 3.8) is 0 Å². The fourth-order valence-corrected chi connectivity index (χ4v) is 1.67. The number of imide groups is 1. The summed E-state index contributed by atoms with van der Waals surface area (Å²) in [6.45, 7) is 0. The highest BCUT2D eigenvalue weighted by atomic mass is 79.9. The summed E-state index contributed by atoms with van der Waals surface area (Å²) in [6, 6.07) is 4.50. The maximum Gasteiger partial charge on any atom is 0.325 e. The molecule has 0 aromatic heterocycles. The van der Waals surface area contributed by atoms with Gasteiger partial charge in [0.1, 0.15) is 5.75 Å². The molecule has 98 valence electrons. The quantitative estimate of drug-likeness (QED) is 0.831. The third-order valence-electron chi connectivity index (χ3n) is 2.00. The van der Waals surface area contributed by atoms with Crippen molar-refractivity contribution in [1.29, 1.82) is 0 Å². The van der Waals surface area contributed by atoms with Crippen molar-refractivity contribution in [2.75, 3.05) is 18.3 Å². The van der Waals surface area contributed by atoms with Gasteiger partial charge >= 0.3 is 6.03 Å². The van der Waals surface area contributed by atoms with Crippen molar-refractivity contribution in [3.05, 3.63) is 22.7 Å². The van der Waals surface area contributed by atoms with Crippen LogP contribution in [0, 0.1) is 0 Å². The van der Waals surface area contributed by atoms with Crippen LogP contribution in [0.25, 0.3) is 0 Å². The second kappa shape index (κ2) is 7.23. The molecule has 0 aliphatic carbocycles. The third-order valence-corrected chi connectivity index (χ3v) is 2.88. The minimum Gasteiger partial charge on any atom is -0.497 e. The number of nitrogens with one attached hydrogen (secondary N) is 2. The molecule has 0 bridgehead atoms. The number of urea groups is 1. The van der Waals surface area contributed by atoms with Gasteiger partial charge in [0, 0.05) is 22.8 Å². The molecule has 0 fully saturated rings. The van der Waals surface area contributed by atoms with Gasteiger partial charge in [-0.15, -0.1) is 11.6 Å². The summed E-state index contributed by atoms with van der Waals surface area (Å²) in [5.41, 5.74) is 0.505. The highest BCUT2D eigenvalue weighted by Crippen LogP contribution is 2.26. The van der Waals surface area contributed by atoms with E-state index in [4.69, 9.17) is 16.3 Å². The van der Waals surface area contributed by atoms with Crippen LogP contribution < -0.4 is 15.4 Å². The summed E-state index contributed by atoms with van der Waals surface area (Å²) >= 11 is 8.67. The first-order valence-electron chi connectivity index (χ1n) is 5.07. The van der Waals surface area contributed by atoms with Crippen LogP contribution in [0.3, 0.4) is 0 Å². The Kier molecular flexibility index (Phi) is 5.94. The number of rotatable bonds is 4.